The van der Waals surface area contributed by atoms with Crippen LogP contribution in [0.15, 0.2) is 42.5 Å². The molecule has 0 spiro atoms. The topological polar surface area (TPSA) is 37.3 Å². The maximum Gasteiger partial charge on any atom is 0.336 e. The molecule has 0 saturated heterocycles. The van der Waals surface area contributed by atoms with Crippen LogP contribution >= 0.6 is 0 Å². The summed E-state index contributed by atoms with van der Waals surface area (Å²) in [5.41, 5.74) is 4.77. The highest BCUT2D eigenvalue weighted by molar-refractivity contribution is 5.96. The van der Waals surface area contributed by atoms with Gasteiger partial charge in [0.15, 0.2) is 0 Å². The Morgan fingerprint density at radius 1 is 0.926 bits per heavy atom. The maximum atomic E-state index is 11.7. The second kappa shape index (κ2) is 10.9. The number of benzene rings is 2. The van der Waals surface area contributed by atoms with Gasteiger partial charge in [0.25, 0.3) is 0 Å². The van der Waals surface area contributed by atoms with Crippen molar-refractivity contribution in [3.05, 3.63) is 59.2 Å². The maximum absolute atomic E-state index is 11.7. The van der Waals surface area contributed by atoms with Crippen LogP contribution < -0.4 is 0 Å². The largest absolute Gasteiger partial charge is 0.478 e. The van der Waals surface area contributed by atoms with Crippen LogP contribution in [0.25, 0.3) is 11.1 Å². The van der Waals surface area contributed by atoms with E-state index in [-0.39, 0.29) is 0 Å². The molecule has 0 heterocycles. The molecular formula is C25H34O2. The van der Waals surface area contributed by atoms with Crippen LogP contribution in [0.5, 0.6) is 0 Å². The Morgan fingerprint density at radius 2 is 1.59 bits per heavy atom. The van der Waals surface area contributed by atoms with Crippen LogP contribution in [-0.4, -0.2) is 11.1 Å². The molecule has 0 fully saturated rings. The van der Waals surface area contributed by atoms with E-state index in [9.17, 15) is 9.90 Å². The molecular weight excluding hydrogens is 332 g/mol. The van der Waals surface area contributed by atoms with Crippen LogP contribution in [0.2, 0.25) is 0 Å². The van der Waals surface area contributed by atoms with Gasteiger partial charge in [-0.05, 0) is 53.5 Å². The van der Waals surface area contributed by atoms with Gasteiger partial charge in [0.2, 0.25) is 0 Å². The molecule has 0 bridgehead atoms. The van der Waals surface area contributed by atoms with E-state index in [1.807, 2.05) is 6.07 Å². The van der Waals surface area contributed by atoms with Gasteiger partial charge in [0, 0.05) is 0 Å². The predicted molar refractivity (Wildman–Crippen MR) is 114 cm³/mol. The van der Waals surface area contributed by atoms with Crippen molar-refractivity contribution >= 4 is 5.97 Å². The first-order valence-electron chi connectivity index (χ1n) is 10.5. The number of hydrogen-bond donors (Lipinski definition) is 1. The molecule has 0 aromatic heterocycles. The highest BCUT2D eigenvalue weighted by atomic mass is 16.4. The van der Waals surface area contributed by atoms with Gasteiger partial charge in [-0.15, -0.1) is 0 Å². The number of aryl methyl sites for hydroxylation is 1. The number of carbonyl (C=O) groups is 1. The Hall–Kier alpha value is -2.09. The van der Waals surface area contributed by atoms with Crippen molar-refractivity contribution in [2.45, 2.75) is 72.1 Å². The average molecular weight is 367 g/mol. The Labute approximate surface area is 164 Å². The van der Waals surface area contributed by atoms with Crippen LogP contribution in [-0.2, 0) is 12.8 Å². The van der Waals surface area contributed by atoms with Gasteiger partial charge < -0.3 is 5.11 Å². The summed E-state index contributed by atoms with van der Waals surface area (Å²) in [4.78, 5) is 11.7. The zero-order chi connectivity index (χ0) is 19.6. The number of aromatic carboxylic acids is 1. The lowest BCUT2D eigenvalue weighted by Crippen LogP contribution is -2.01. The normalized spacial score (nSPS) is 12.1. The van der Waals surface area contributed by atoms with E-state index in [0.717, 1.165) is 24.0 Å². The standard InChI is InChI=1S/C25H34O2/c1-4-6-7-8-9-10-20-13-16-23(25(26)27)24(18-20)22-14-11-21(12-15-22)17-19(3)5-2/h11-16,18-19H,4-10,17H2,1-3H3,(H,26,27). The molecule has 146 valence electrons. The third kappa shape index (κ3) is 6.53. The molecule has 0 aliphatic carbocycles. The first kappa shape index (κ1) is 21.2. The molecule has 0 saturated carbocycles. The van der Waals surface area contributed by atoms with Gasteiger partial charge in [-0.25, -0.2) is 4.79 Å². The summed E-state index contributed by atoms with van der Waals surface area (Å²) in [6.45, 7) is 6.71. The van der Waals surface area contributed by atoms with Crippen molar-refractivity contribution in [2.75, 3.05) is 0 Å². The van der Waals surface area contributed by atoms with E-state index in [2.05, 4.69) is 51.1 Å². The van der Waals surface area contributed by atoms with E-state index in [0.29, 0.717) is 11.5 Å². The molecule has 1 unspecified atom stereocenters. The summed E-state index contributed by atoms with van der Waals surface area (Å²) in [6.07, 6.45) is 9.51. The van der Waals surface area contributed by atoms with Gasteiger partial charge in [-0.1, -0.05) is 89.3 Å². The minimum Gasteiger partial charge on any atom is -0.478 e. The van der Waals surface area contributed by atoms with Gasteiger partial charge in [0.1, 0.15) is 0 Å². The fraction of sp³-hybridized carbons (Fsp3) is 0.480. The fourth-order valence-electron chi connectivity index (χ4n) is 3.47. The number of rotatable bonds is 11. The zero-order valence-corrected chi connectivity index (χ0v) is 17.1. The minimum absolute atomic E-state index is 0.388. The molecule has 0 aliphatic heterocycles. The van der Waals surface area contributed by atoms with E-state index in [1.54, 1.807) is 6.07 Å². The smallest absolute Gasteiger partial charge is 0.336 e. The van der Waals surface area contributed by atoms with Crippen LogP contribution in [0.1, 0.15) is 80.8 Å². The lowest BCUT2D eigenvalue weighted by Gasteiger charge is -2.12. The Morgan fingerprint density at radius 3 is 2.22 bits per heavy atom. The summed E-state index contributed by atoms with van der Waals surface area (Å²) < 4.78 is 0. The molecule has 0 radical (unpaired) electrons. The number of hydrogen-bond acceptors (Lipinski definition) is 1. The Bertz CT molecular complexity index is 716. The summed E-state index contributed by atoms with van der Waals surface area (Å²) >= 11 is 0. The van der Waals surface area contributed by atoms with E-state index >= 15 is 0 Å². The van der Waals surface area contributed by atoms with E-state index in [1.165, 1.54) is 49.7 Å². The summed E-state index contributed by atoms with van der Waals surface area (Å²) in [5, 5.41) is 9.60. The SMILES string of the molecule is CCCCCCCc1ccc(C(=O)O)c(-c2ccc(CC(C)CC)cc2)c1. The quantitative estimate of drug-likeness (QED) is 0.429. The monoisotopic (exact) mass is 366 g/mol. The molecule has 1 N–H and O–H groups in total. The number of unbranched alkanes of at least 4 members (excludes halogenated alkanes) is 4. The summed E-state index contributed by atoms with van der Waals surface area (Å²) in [7, 11) is 0. The predicted octanol–water partition coefficient (Wildman–Crippen LogP) is 7.15. The molecule has 2 aromatic rings. The lowest BCUT2D eigenvalue weighted by atomic mass is 9.93. The second-order valence-electron chi connectivity index (χ2n) is 7.76. The molecule has 2 heteroatoms. The van der Waals surface area contributed by atoms with Gasteiger partial charge in [0.05, 0.1) is 5.56 Å². The first-order chi connectivity index (χ1) is 13.0. The van der Waals surface area contributed by atoms with Crippen LogP contribution in [0.4, 0.5) is 0 Å². The molecule has 2 aromatic carbocycles. The van der Waals surface area contributed by atoms with Crippen molar-refractivity contribution in [1.82, 2.24) is 0 Å². The van der Waals surface area contributed by atoms with Crippen LogP contribution in [0, 0.1) is 5.92 Å². The molecule has 2 rings (SSSR count). The van der Waals surface area contributed by atoms with Crippen molar-refractivity contribution in [3.63, 3.8) is 0 Å². The van der Waals surface area contributed by atoms with Gasteiger partial charge >= 0.3 is 5.97 Å². The third-order valence-corrected chi connectivity index (χ3v) is 5.43. The van der Waals surface area contributed by atoms with Gasteiger partial charge in [-0.3, -0.25) is 0 Å². The third-order valence-electron chi connectivity index (χ3n) is 5.43. The first-order valence-corrected chi connectivity index (χ1v) is 10.5. The highest BCUT2D eigenvalue weighted by Gasteiger charge is 2.13. The summed E-state index contributed by atoms with van der Waals surface area (Å²) in [6, 6.07) is 14.3. The fourth-order valence-corrected chi connectivity index (χ4v) is 3.47. The van der Waals surface area contributed by atoms with E-state index < -0.39 is 5.97 Å². The number of carboxylic acid groups (broad SMARTS) is 1. The molecule has 2 nitrogen and oxygen atoms in total. The van der Waals surface area contributed by atoms with Crippen molar-refractivity contribution in [2.24, 2.45) is 5.92 Å². The lowest BCUT2D eigenvalue weighted by molar-refractivity contribution is 0.0697. The summed E-state index contributed by atoms with van der Waals surface area (Å²) in [5.74, 6) is -0.190. The molecule has 0 amide bonds. The minimum atomic E-state index is -0.858. The van der Waals surface area contributed by atoms with Crippen molar-refractivity contribution in [3.8, 4) is 11.1 Å². The average Bonchev–Trinajstić information content (AvgIpc) is 2.68. The Balaban J connectivity index is 2.17. The van der Waals surface area contributed by atoms with Gasteiger partial charge in [-0.2, -0.15) is 0 Å². The molecule has 0 aliphatic rings. The zero-order valence-electron chi connectivity index (χ0n) is 17.1. The van der Waals surface area contributed by atoms with Crippen molar-refractivity contribution < 1.29 is 9.90 Å². The van der Waals surface area contributed by atoms with Crippen molar-refractivity contribution in [1.29, 1.82) is 0 Å². The number of carboxylic acids is 1. The van der Waals surface area contributed by atoms with Crippen LogP contribution in [0.3, 0.4) is 0 Å². The highest BCUT2D eigenvalue weighted by Crippen LogP contribution is 2.27. The second-order valence-corrected chi connectivity index (χ2v) is 7.76. The molecule has 27 heavy (non-hydrogen) atoms. The molecule has 1 atom stereocenters. The Kier molecular flexibility index (Phi) is 8.57. The van der Waals surface area contributed by atoms with E-state index in [4.69, 9.17) is 0 Å².